The first-order chi connectivity index (χ1) is 14.4. The number of carbonyl (C=O) groups excluding carboxylic acids is 2. The van der Waals surface area contributed by atoms with Gasteiger partial charge in [-0.1, -0.05) is 0 Å². The van der Waals surface area contributed by atoms with Crippen molar-refractivity contribution in [1.82, 2.24) is 4.98 Å². The molecule has 1 aromatic carbocycles. The van der Waals surface area contributed by atoms with Gasteiger partial charge < -0.3 is 15.5 Å². The molecule has 0 aliphatic heterocycles. The second kappa shape index (κ2) is 11.3. The van der Waals surface area contributed by atoms with Crippen LogP contribution in [0.3, 0.4) is 0 Å². The molecule has 0 spiro atoms. The third-order valence-electron chi connectivity index (χ3n) is 4.14. The molecule has 0 fully saturated rings. The number of hydrogen-bond acceptors (Lipinski definition) is 5. The maximum Gasteiger partial charge on any atom is 0.303 e. The number of anilines is 3. The molecule has 2 rings (SSSR count). The van der Waals surface area contributed by atoms with Gasteiger partial charge >= 0.3 is 11.9 Å². The summed E-state index contributed by atoms with van der Waals surface area (Å²) in [6.45, 7) is 0. The quantitative estimate of drug-likeness (QED) is 0.514. The van der Waals surface area contributed by atoms with Crippen molar-refractivity contribution in [2.75, 3.05) is 10.2 Å². The SMILES string of the molecule is O=C(O)CCCC(=O)Nc1ccc(N(C(=O)CCCC(=O)O)c2cccnc2)cc1. The highest BCUT2D eigenvalue weighted by Gasteiger charge is 2.18. The lowest BCUT2D eigenvalue weighted by molar-refractivity contribution is -0.138. The van der Waals surface area contributed by atoms with E-state index in [-0.39, 0.29) is 50.3 Å². The maximum atomic E-state index is 12.7. The van der Waals surface area contributed by atoms with E-state index < -0.39 is 11.9 Å². The molecule has 1 aromatic heterocycles. The van der Waals surface area contributed by atoms with Crippen LogP contribution >= 0.6 is 0 Å². The minimum absolute atomic E-state index is 0.0588. The molecule has 3 N–H and O–H groups in total. The van der Waals surface area contributed by atoms with Crippen molar-refractivity contribution in [2.45, 2.75) is 38.5 Å². The largest absolute Gasteiger partial charge is 0.481 e. The Morgan fingerprint density at radius 3 is 2.03 bits per heavy atom. The van der Waals surface area contributed by atoms with Crippen molar-refractivity contribution in [2.24, 2.45) is 0 Å². The number of pyridine rings is 1. The number of benzene rings is 1. The molecule has 9 heteroatoms. The number of aliphatic carboxylic acids is 2. The normalized spacial score (nSPS) is 10.3. The average molecular weight is 413 g/mol. The van der Waals surface area contributed by atoms with Gasteiger partial charge in [0.05, 0.1) is 11.9 Å². The first kappa shape index (κ1) is 22.5. The average Bonchev–Trinajstić information content (AvgIpc) is 2.70. The molecular weight excluding hydrogens is 390 g/mol. The molecule has 158 valence electrons. The predicted octanol–water partition coefficient (Wildman–Crippen LogP) is 3.19. The van der Waals surface area contributed by atoms with Crippen molar-refractivity contribution in [3.63, 3.8) is 0 Å². The summed E-state index contributed by atoms with van der Waals surface area (Å²) >= 11 is 0. The summed E-state index contributed by atoms with van der Waals surface area (Å²) in [5.74, 6) is -2.47. The van der Waals surface area contributed by atoms with Gasteiger partial charge in [-0.05, 0) is 49.2 Å². The molecule has 2 amide bonds. The molecule has 0 unspecified atom stereocenters. The van der Waals surface area contributed by atoms with E-state index >= 15 is 0 Å². The van der Waals surface area contributed by atoms with Crippen molar-refractivity contribution in [3.05, 3.63) is 48.8 Å². The van der Waals surface area contributed by atoms with E-state index in [0.29, 0.717) is 17.1 Å². The van der Waals surface area contributed by atoms with Gasteiger partial charge in [-0.2, -0.15) is 0 Å². The van der Waals surface area contributed by atoms with Crippen molar-refractivity contribution < 1.29 is 29.4 Å². The number of aromatic nitrogens is 1. The Hall–Kier alpha value is -3.75. The van der Waals surface area contributed by atoms with E-state index in [1.54, 1.807) is 42.6 Å². The molecule has 0 aliphatic rings. The van der Waals surface area contributed by atoms with Crippen LogP contribution in [0.5, 0.6) is 0 Å². The smallest absolute Gasteiger partial charge is 0.303 e. The van der Waals surface area contributed by atoms with Crippen LogP contribution in [-0.2, 0) is 19.2 Å². The van der Waals surface area contributed by atoms with Crippen LogP contribution in [0.25, 0.3) is 0 Å². The second-order valence-electron chi connectivity index (χ2n) is 6.53. The fraction of sp³-hybridized carbons (Fsp3) is 0.286. The molecule has 1 heterocycles. The molecule has 0 bridgehead atoms. The molecule has 9 nitrogen and oxygen atoms in total. The Labute approximate surface area is 173 Å². The van der Waals surface area contributed by atoms with Gasteiger partial charge in [0.25, 0.3) is 0 Å². The topological polar surface area (TPSA) is 137 Å². The van der Waals surface area contributed by atoms with E-state index in [1.807, 2.05) is 0 Å². The Morgan fingerprint density at radius 2 is 1.47 bits per heavy atom. The number of carboxylic acid groups (broad SMARTS) is 2. The van der Waals surface area contributed by atoms with Crippen LogP contribution in [0.2, 0.25) is 0 Å². The van der Waals surface area contributed by atoms with Gasteiger partial charge in [0.2, 0.25) is 11.8 Å². The van der Waals surface area contributed by atoms with Gasteiger partial charge in [-0.25, -0.2) is 0 Å². The summed E-state index contributed by atoms with van der Waals surface area (Å²) in [7, 11) is 0. The minimum Gasteiger partial charge on any atom is -0.481 e. The summed E-state index contributed by atoms with van der Waals surface area (Å²) in [4.78, 5) is 51.4. The first-order valence-corrected chi connectivity index (χ1v) is 9.43. The Bertz CT molecular complexity index is 883. The zero-order chi connectivity index (χ0) is 21.9. The number of carboxylic acids is 2. The predicted molar refractivity (Wildman–Crippen MR) is 109 cm³/mol. The number of rotatable bonds is 11. The Kier molecular flexibility index (Phi) is 8.49. The van der Waals surface area contributed by atoms with Crippen molar-refractivity contribution >= 4 is 40.8 Å². The van der Waals surface area contributed by atoms with Gasteiger partial charge in [0.1, 0.15) is 0 Å². The highest BCUT2D eigenvalue weighted by atomic mass is 16.4. The molecule has 0 atom stereocenters. The molecule has 0 radical (unpaired) electrons. The van der Waals surface area contributed by atoms with E-state index in [9.17, 15) is 19.2 Å². The lowest BCUT2D eigenvalue weighted by Gasteiger charge is -2.23. The molecule has 0 saturated carbocycles. The maximum absolute atomic E-state index is 12.7. The van der Waals surface area contributed by atoms with Gasteiger partial charge in [-0.3, -0.25) is 29.1 Å². The van der Waals surface area contributed by atoms with Gasteiger partial charge in [0, 0.05) is 43.3 Å². The summed E-state index contributed by atoms with van der Waals surface area (Å²) in [6.07, 6.45) is 3.57. The molecule has 0 saturated heterocycles. The number of nitrogens with zero attached hydrogens (tertiary/aromatic N) is 2. The molecular formula is C21H23N3O6. The van der Waals surface area contributed by atoms with Crippen LogP contribution in [0.1, 0.15) is 38.5 Å². The minimum atomic E-state index is -0.959. The van der Waals surface area contributed by atoms with E-state index in [2.05, 4.69) is 10.3 Å². The van der Waals surface area contributed by atoms with Crippen LogP contribution < -0.4 is 10.2 Å². The molecule has 30 heavy (non-hydrogen) atoms. The van der Waals surface area contributed by atoms with Crippen LogP contribution in [-0.4, -0.2) is 39.0 Å². The third kappa shape index (κ3) is 7.34. The summed E-state index contributed by atoms with van der Waals surface area (Å²) < 4.78 is 0. The van der Waals surface area contributed by atoms with Crippen LogP contribution in [0.15, 0.2) is 48.8 Å². The Morgan fingerprint density at radius 1 is 0.833 bits per heavy atom. The van der Waals surface area contributed by atoms with Crippen LogP contribution in [0.4, 0.5) is 17.1 Å². The number of hydrogen-bond donors (Lipinski definition) is 3. The zero-order valence-electron chi connectivity index (χ0n) is 16.3. The fourth-order valence-electron chi connectivity index (χ4n) is 2.74. The first-order valence-electron chi connectivity index (χ1n) is 9.43. The van der Waals surface area contributed by atoms with Crippen molar-refractivity contribution in [3.8, 4) is 0 Å². The van der Waals surface area contributed by atoms with Crippen LogP contribution in [0, 0.1) is 0 Å². The standard InChI is InChI=1S/C21H23N3O6/c25-18(5-1-7-20(27)28)23-15-9-11-16(12-10-15)24(17-4-3-13-22-14-17)19(26)6-2-8-21(29)30/h3-4,9-14H,1-2,5-8H2,(H,23,25)(H,27,28)(H,29,30). The molecule has 2 aromatic rings. The lowest BCUT2D eigenvalue weighted by Crippen LogP contribution is -2.26. The van der Waals surface area contributed by atoms with Crippen molar-refractivity contribution in [1.29, 1.82) is 0 Å². The highest BCUT2D eigenvalue weighted by Crippen LogP contribution is 2.27. The number of amides is 2. The summed E-state index contributed by atoms with van der Waals surface area (Å²) in [6, 6.07) is 10.0. The zero-order valence-corrected chi connectivity index (χ0v) is 16.3. The Balaban J connectivity index is 2.09. The monoisotopic (exact) mass is 413 g/mol. The number of nitrogens with one attached hydrogen (secondary N) is 1. The van der Waals surface area contributed by atoms with E-state index in [0.717, 1.165) is 0 Å². The third-order valence-corrected chi connectivity index (χ3v) is 4.14. The second-order valence-corrected chi connectivity index (χ2v) is 6.53. The number of carbonyl (C=O) groups is 4. The lowest BCUT2D eigenvalue weighted by atomic mass is 10.1. The summed E-state index contributed by atoms with van der Waals surface area (Å²) in [5, 5.41) is 20.1. The van der Waals surface area contributed by atoms with E-state index in [4.69, 9.17) is 10.2 Å². The van der Waals surface area contributed by atoms with Gasteiger partial charge in [0.15, 0.2) is 0 Å². The summed E-state index contributed by atoms with van der Waals surface area (Å²) in [5.41, 5.74) is 1.61. The molecule has 0 aliphatic carbocycles. The fourth-order valence-corrected chi connectivity index (χ4v) is 2.74. The highest BCUT2D eigenvalue weighted by molar-refractivity contribution is 6.00. The van der Waals surface area contributed by atoms with E-state index in [1.165, 1.54) is 11.1 Å². The van der Waals surface area contributed by atoms with Gasteiger partial charge in [-0.15, -0.1) is 0 Å².